The first-order valence-corrected chi connectivity index (χ1v) is 36.8. The van der Waals surface area contributed by atoms with Crippen molar-refractivity contribution < 1.29 is 39.2 Å². The molecule has 3 N–H and O–H groups in total. The van der Waals surface area contributed by atoms with E-state index < -0.39 is 11.9 Å². The Morgan fingerprint density at radius 1 is 0.544 bits per heavy atom. The molecule has 4 aromatic heterocycles. The lowest BCUT2D eigenvalue weighted by Gasteiger charge is -2.50. The van der Waals surface area contributed by atoms with E-state index >= 15 is 0 Å². The summed E-state index contributed by atoms with van der Waals surface area (Å²) in [6, 6.07) is 15.9. The molecule has 4 aromatic rings. The Balaban J connectivity index is 0.000000133. The Morgan fingerprint density at radius 2 is 0.978 bits per heavy atom. The molecule has 0 spiro atoms. The summed E-state index contributed by atoms with van der Waals surface area (Å²) in [5, 5.41) is 31.7. The van der Waals surface area contributed by atoms with Crippen molar-refractivity contribution in [1.82, 2.24) is 19.9 Å². The molecule has 19 atom stereocenters. The zero-order valence-corrected chi connectivity index (χ0v) is 58.6. The minimum atomic E-state index is -1.12. The third kappa shape index (κ3) is 17.9. The Morgan fingerprint density at radius 3 is 1.49 bits per heavy atom. The van der Waals surface area contributed by atoms with Crippen LogP contribution in [0.2, 0.25) is 0 Å². The molecule has 12 nitrogen and oxygen atoms in total. The van der Waals surface area contributed by atoms with Crippen LogP contribution in [0.1, 0.15) is 178 Å². The van der Waals surface area contributed by atoms with Gasteiger partial charge in [0.2, 0.25) is 0 Å². The Bertz CT molecular complexity index is 3090. The van der Waals surface area contributed by atoms with Crippen molar-refractivity contribution in [2.24, 2.45) is 82.9 Å². The summed E-state index contributed by atoms with van der Waals surface area (Å²) in [6.07, 6.45) is 47.5. The maximum atomic E-state index is 12.8. The van der Waals surface area contributed by atoms with Gasteiger partial charge in [0.15, 0.2) is 6.29 Å². The molecule has 8 saturated carbocycles. The first kappa shape index (κ1) is 69.0. The van der Waals surface area contributed by atoms with E-state index in [1.807, 2.05) is 80.8 Å². The second kappa shape index (κ2) is 33.0. The first-order valence-electron chi connectivity index (χ1n) is 33.6. The van der Waals surface area contributed by atoms with E-state index in [0.29, 0.717) is 72.4 Å². The molecule has 8 aliphatic carbocycles. The maximum Gasteiger partial charge on any atom is 0.293 e. The summed E-state index contributed by atoms with van der Waals surface area (Å²) in [5.74, 6) is 6.47. The number of hydrogen-bond acceptors (Lipinski definition) is 12. The van der Waals surface area contributed by atoms with Crippen LogP contribution in [0.15, 0.2) is 116 Å². The molecule has 0 bridgehead atoms. The lowest BCUT2D eigenvalue weighted by atomic mass is 9.55. The molecule has 1 aliphatic heterocycles. The van der Waals surface area contributed by atoms with Gasteiger partial charge in [-0.3, -0.25) is 34.3 Å². The van der Waals surface area contributed by atoms with Crippen LogP contribution in [0, 0.1) is 82.9 Å². The van der Waals surface area contributed by atoms with Crippen molar-refractivity contribution >= 4 is 106 Å². The summed E-state index contributed by atoms with van der Waals surface area (Å²) in [7, 11) is 0. The van der Waals surface area contributed by atoms with E-state index in [9.17, 15) is 29.7 Å². The number of ketones is 2. The van der Waals surface area contributed by atoms with Crippen molar-refractivity contribution in [2.75, 3.05) is 0 Å². The number of rotatable bonds is 11. The summed E-state index contributed by atoms with van der Waals surface area (Å²) >= 11 is 13.6. The van der Waals surface area contributed by atoms with E-state index in [4.69, 9.17) is 9.47 Å². The zero-order valence-electron chi connectivity index (χ0n) is 52.3. The minimum absolute atomic E-state index is 0.0615. The van der Waals surface area contributed by atoms with Gasteiger partial charge < -0.3 is 24.8 Å². The third-order valence-corrected chi connectivity index (χ3v) is 23.8. The van der Waals surface area contributed by atoms with Crippen LogP contribution in [0.3, 0.4) is 0 Å². The number of carbonyl (C=O) groups excluding carboxylic acids is 3. The average molecular weight is 1490 g/mol. The fraction of sp³-hybridized carbons (Fsp3) is 0.581. The molecular weight excluding hydrogens is 1390 g/mol. The zero-order chi connectivity index (χ0) is 63.3. The number of fused-ring (bicyclic) bond motifs is 5. The highest BCUT2D eigenvalue weighted by molar-refractivity contribution is 9.11. The number of halogens is 4. The van der Waals surface area contributed by atoms with Crippen molar-refractivity contribution in [3.8, 4) is 0 Å². The Kier molecular flexibility index (Phi) is 25.3. The predicted molar refractivity (Wildman–Crippen MR) is 368 cm³/mol. The Labute approximate surface area is 567 Å². The van der Waals surface area contributed by atoms with Gasteiger partial charge in [-0.05, 0) is 279 Å². The molecular formula is C74H92Br4N4O8. The van der Waals surface area contributed by atoms with E-state index in [2.05, 4.69) is 126 Å². The van der Waals surface area contributed by atoms with E-state index in [1.54, 1.807) is 12.4 Å². The smallest absolute Gasteiger partial charge is 0.293 e. The number of ether oxygens (including phenoxy) is 2. The van der Waals surface area contributed by atoms with E-state index in [-0.39, 0.29) is 47.8 Å². The van der Waals surface area contributed by atoms with Gasteiger partial charge in [0.25, 0.3) is 6.47 Å². The number of allylic oxidation sites excluding steroid dienone is 4. The van der Waals surface area contributed by atoms with E-state index in [1.165, 1.54) is 83.5 Å². The molecule has 1 saturated heterocycles. The van der Waals surface area contributed by atoms with Crippen LogP contribution < -0.4 is 0 Å². The van der Waals surface area contributed by atoms with Gasteiger partial charge in [-0.25, -0.2) is 0 Å². The lowest BCUT2D eigenvalue weighted by molar-refractivity contribution is -0.193. The lowest BCUT2D eigenvalue weighted by Crippen LogP contribution is -2.55. The average Bonchev–Trinajstić information content (AvgIpc) is 1.55. The van der Waals surface area contributed by atoms with Crippen LogP contribution in [-0.2, 0) is 23.9 Å². The summed E-state index contributed by atoms with van der Waals surface area (Å²) < 4.78 is 14.7. The second-order valence-corrected chi connectivity index (χ2v) is 31.1. The van der Waals surface area contributed by atoms with Gasteiger partial charge in [-0.2, -0.15) is 0 Å². The number of pyridine rings is 4. The number of Topliss-reactive ketones (excluding diaryl/α,β-unsaturated/α-hetero) is 2. The summed E-state index contributed by atoms with van der Waals surface area (Å²) in [6.45, 7) is 4.27. The molecule has 5 heterocycles. The standard InChI is InChI=1S/C20H26BrNO3.C20H24BrNO3.C17H22BrNO.C17H20BrNO/c1-12-18-17(9-8-15-7-6-14(21)11-22-15)16-5-3-2-4-13(16)10-20(18,24)19(23)25-12;1-13(25-12-23)20-18(9-8-16-7-6-15(21)11-22-16)17-5-3-2-4-14(17)10-19(20)24;2*18-14-6-8-15(19-11-14)7-5-13-10-16(20)9-12-3-1-2-4-17(12)13/h6-9,11-13,16-19,23-24H,2-5,10H2,1H3;6-9,11-14,17-18,20H,2-5,10H2,1H3;5-8,11-13,16-17,20H,1-4,9-10H2;5-8,11-13,17H,1-4,9-10H2/b2*9-8+;2*7-5+/t12-,13+,16-,17+,18+,19?,20+;13-,14+,17-,18+,20+;12-,13+,16-,17+;12-,13+,17+/m1100/s1. The van der Waals surface area contributed by atoms with Crippen LogP contribution in [0.4, 0.5) is 0 Å². The van der Waals surface area contributed by atoms with Gasteiger partial charge in [0, 0.05) is 67.9 Å². The number of hydrogen-bond donors (Lipinski definition) is 3. The van der Waals surface area contributed by atoms with E-state index in [0.717, 1.165) is 97.4 Å². The van der Waals surface area contributed by atoms with Gasteiger partial charge in [0.05, 0.1) is 40.9 Å². The molecule has 13 rings (SSSR count). The molecule has 0 radical (unpaired) electrons. The minimum Gasteiger partial charge on any atom is -0.464 e. The van der Waals surface area contributed by atoms with Crippen molar-refractivity contribution in [3.05, 3.63) is 138 Å². The molecule has 9 aliphatic rings. The normalized spacial score (nSPS) is 35.1. The monoisotopic (exact) mass is 1480 g/mol. The summed E-state index contributed by atoms with van der Waals surface area (Å²) in [5.41, 5.74) is 2.63. The topological polar surface area (TPSA) is 182 Å². The molecule has 0 amide bonds. The molecule has 9 fully saturated rings. The quantitative estimate of drug-likeness (QED) is 0.121. The molecule has 16 heteroatoms. The molecule has 484 valence electrons. The highest BCUT2D eigenvalue weighted by Gasteiger charge is 2.62. The number of aromatic nitrogens is 4. The fourth-order valence-corrected chi connectivity index (χ4v) is 18.7. The number of aliphatic hydroxyl groups is 3. The van der Waals surface area contributed by atoms with Gasteiger partial charge in [-0.15, -0.1) is 0 Å². The maximum absolute atomic E-state index is 12.8. The van der Waals surface area contributed by atoms with Gasteiger partial charge in [-0.1, -0.05) is 88.5 Å². The van der Waals surface area contributed by atoms with Crippen LogP contribution in [-0.4, -0.2) is 83.5 Å². The first-order chi connectivity index (χ1) is 43.5. The van der Waals surface area contributed by atoms with Crippen LogP contribution in [0.25, 0.3) is 24.3 Å². The summed E-state index contributed by atoms with van der Waals surface area (Å²) in [4.78, 5) is 53.1. The molecule has 90 heavy (non-hydrogen) atoms. The number of aliphatic hydroxyl groups excluding tert-OH is 2. The highest BCUT2D eigenvalue weighted by atomic mass is 79.9. The highest BCUT2D eigenvalue weighted by Crippen LogP contribution is 2.57. The van der Waals surface area contributed by atoms with Crippen LogP contribution >= 0.6 is 63.7 Å². The molecule has 0 aromatic carbocycles. The van der Waals surface area contributed by atoms with Gasteiger partial charge >= 0.3 is 0 Å². The van der Waals surface area contributed by atoms with Crippen molar-refractivity contribution in [3.63, 3.8) is 0 Å². The van der Waals surface area contributed by atoms with Crippen LogP contribution in [0.5, 0.6) is 0 Å². The Hall–Kier alpha value is -3.87. The number of carbonyl (C=O) groups is 3. The largest absolute Gasteiger partial charge is 0.464 e. The van der Waals surface area contributed by atoms with Crippen molar-refractivity contribution in [2.45, 2.75) is 185 Å². The fourth-order valence-electron chi connectivity index (χ4n) is 17.8. The predicted octanol–water partition coefficient (Wildman–Crippen LogP) is 17.3. The molecule has 1 unspecified atom stereocenters. The second-order valence-electron chi connectivity index (χ2n) is 27.5. The van der Waals surface area contributed by atoms with Gasteiger partial charge in [0.1, 0.15) is 23.3 Å². The van der Waals surface area contributed by atoms with Crippen molar-refractivity contribution in [1.29, 1.82) is 0 Å². The number of nitrogens with zero attached hydrogens (tertiary/aromatic N) is 4. The SMILES string of the molecule is C[C@@H](OC=O)[C@@H]1C(=O)C[C@@H]2CCCC[C@H]2[C@@H]1/C=C/c1ccc(Br)cn1.C[C@H]1OC(O)[C@]2(O)C[C@@H]3CCCC[C@H]3[C@H](/C=C/c3ccc(Br)cn3)[C@H]12.O=C1C[C@@H]2CCCC[C@H]2[C@H](/C=C/c2ccc(Br)cn2)C1.O[C@H]1C[C@@H]2CCCC[C@H]2[C@H](/C=C/c2ccc(Br)cn2)C1. The third-order valence-electron chi connectivity index (χ3n) is 21.9.